The summed E-state index contributed by atoms with van der Waals surface area (Å²) < 4.78 is 21.7. The van der Waals surface area contributed by atoms with Crippen molar-refractivity contribution in [1.29, 1.82) is 0 Å². The van der Waals surface area contributed by atoms with E-state index < -0.39 is 7.94 Å². The number of halogens is 1. The van der Waals surface area contributed by atoms with E-state index in [-0.39, 0.29) is 5.82 Å². The summed E-state index contributed by atoms with van der Waals surface area (Å²) in [7, 11) is -2.44. The summed E-state index contributed by atoms with van der Waals surface area (Å²) in [6.07, 6.45) is 0. The van der Waals surface area contributed by atoms with Gasteiger partial charge in [0, 0.05) is 0 Å². The van der Waals surface area contributed by atoms with E-state index in [9.17, 15) is 9.28 Å². The highest BCUT2D eigenvalue weighted by molar-refractivity contribution is 7.59. The molecule has 1 rings (SSSR count). The van der Waals surface area contributed by atoms with Crippen molar-refractivity contribution in [2.24, 2.45) is 0 Å². The van der Waals surface area contributed by atoms with Crippen molar-refractivity contribution in [2.45, 2.75) is 13.8 Å². The summed E-state index contributed by atoms with van der Waals surface area (Å²) in [5, 5.41) is 0. The number of rotatable bonds is 4. The number of benzene rings is 1. The maximum Gasteiger partial charge on any atom is 0.405 e. The Morgan fingerprint density at radius 3 is 1.81 bits per heavy atom. The van der Waals surface area contributed by atoms with Crippen LogP contribution in [-0.4, -0.2) is 24.8 Å². The van der Waals surface area contributed by atoms with Crippen LogP contribution in [0.25, 0.3) is 0 Å². The molecule has 0 spiro atoms. The van der Waals surface area contributed by atoms with Gasteiger partial charge in [0.1, 0.15) is 12.5 Å². The van der Waals surface area contributed by atoms with Gasteiger partial charge in [-0.05, 0) is 26.0 Å². The van der Waals surface area contributed by atoms with E-state index in [1.165, 1.54) is 12.1 Å². The van der Waals surface area contributed by atoms with Crippen LogP contribution in [0.1, 0.15) is 13.8 Å². The summed E-state index contributed by atoms with van der Waals surface area (Å²) in [4.78, 5) is 9.18. The lowest BCUT2D eigenvalue weighted by Gasteiger charge is -2.09. The highest BCUT2D eigenvalue weighted by atomic mass is 31.2. The topological polar surface area (TPSA) is 38.7 Å². The zero-order valence-electron chi connectivity index (χ0n) is 9.89. The fourth-order valence-corrected chi connectivity index (χ4v) is 1.96. The molecule has 0 unspecified atom stereocenters. The molecule has 16 heavy (non-hydrogen) atoms. The van der Waals surface area contributed by atoms with E-state index >= 15 is 0 Å². The largest absolute Gasteiger partial charge is 0.405 e. The van der Waals surface area contributed by atoms with Crippen LogP contribution in [0.2, 0.25) is 0 Å². The molecule has 0 aliphatic heterocycles. The first kappa shape index (κ1) is 15.5. The zero-order chi connectivity index (χ0) is 12.4. The van der Waals surface area contributed by atoms with Gasteiger partial charge in [-0.3, -0.25) is 0 Å². The molecule has 0 bridgehead atoms. The molecular weight excluding hydrogens is 230 g/mol. The first-order chi connectivity index (χ1) is 7.52. The van der Waals surface area contributed by atoms with Crippen LogP contribution in [0.15, 0.2) is 30.3 Å². The maximum atomic E-state index is 11.9. The zero-order valence-corrected chi connectivity index (χ0v) is 10.8. The van der Waals surface area contributed by atoms with Crippen molar-refractivity contribution in [3.8, 4) is 0 Å². The molecule has 3 nitrogen and oxygen atoms in total. The summed E-state index contributed by atoms with van der Waals surface area (Å²) in [5.41, 5.74) is 0. The molecular formula is C11H19FO3P+. The summed E-state index contributed by atoms with van der Waals surface area (Å²) in [6.45, 7) is 6.24. The summed E-state index contributed by atoms with van der Waals surface area (Å²) in [6, 6.07) is 7.94. The molecule has 0 fully saturated rings. The molecule has 0 radical (unpaired) electrons. The predicted molar refractivity (Wildman–Crippen MR) is 64.7 cm³/mol. The SMILES string of the molecule is CCO[P+](C)(O)OCC.Fc1ccccc1. The van der Waals surface area contributed by atoms with E-state index in [0.717, 1.165) is 0 Å². The van der Waals surface area contributed by atoms with Gasteiger partial charge >= 0.3 is 7.94 Å². The highest BCUT2D eigenvalue weighted by Gasteiger charge is 2.31. The molecule has 1 aromatic carbocycles. The van der Waals surface area contributed by atoms with E-state index in [1.54, 1.807) is 24.9 Å². The van der Waals surface area contributed by atoms with Gasteiger partial charge in [0.05, 0.1) is 13.2 Å². The van der Waals surface area contributed by atoms with Gasteiger partial charge in [0.25, 0.3) is 0 Å². The molecule has 92 valence electrons. The second-order valence-electron chi connectivity index (χ2n) is 2.93. The van der Waals surface area contributed by atoms with Crippen molar-refractivity contribution in [3.63, 3.8) is 0 Å². The minimum Gasteiger partial charge on any atom is -0.207 e. The second kappa shape index (κ2) is 8.59. The highest BCUT2D eigenvalue weighted by Crippen LogP contribution is 2.52. The number of hydrogen-bond acceptors (Lipinski definition) is 3. The lowest BCUT2D eigenvalue weighted by molar-refractivity contribution is 0.195. The molecule has 0 aliphatic carbocycles. The third-order valence-electron chi connectivity index (χ3n) is 1.47. The standard InChI is InChI=1S/C6H5F.C5H14O3P/c7-6-4-2-1-3-5-6;1-4-7-9(3,6)8-5-2/h1-5H;6H,4-5H2,1-3H3/q;+1. The van der Waals surface area contributed by atoms with Gasteiger partial charge < -0.3 is 0 Å². The minimum absolute atomic E-state index is 0.178. The molecule has 0 saturated heterocycles. The third-order valence-corrected chi connectivity index (χ3v) is 2.94. The Balaban J connectivity index is 0.000000288. The van der Waals surface area contributed by atoms with Crippen LogP contribution < -0.4 is 0 Å². The monoisotopic (exact) mass is 249 g/mol. The molecule has 0 aromatic heterocycles. The normalized spacial score (nSPS) is 10.6. The molecule has 1 N–H and O–H groups in total. The molecule has 5 heteroatoms. The van der Waals surface area contributed by atoms with Crippen molar-refractivity contribution in [1.82, 2.24) is 0 Å². The van der Waals surface area contributed by atoms with Gasteiger partial charge in [-0.25, -0.2) is 4.39 Å². The molecule has 0 heterocycles. The molecule has 0 saturated carbocycles. The van der Waals surface area contributed by atoms with Crippen molar-refractivity contribution < 1.29 is 18.3 Å². The summed E-state index contributed by atoms with van der Waals surface area (Å²) >= 11 is 0. The van der Waals surface area contributed by atoms with Gasteiger partial charge in [-0.15, -0.1) is 0 Å². The van der Waals surface area contributed by atoms with Gasteiger partial charge in [0.15, 0.2) is 0 Å². The Hall–Kier alpha value is -0.540. The van der Waals surface area contributed by atoms with Crippen molar-refractivity contribution in [3.05, 3.63) is 36.1 Å². The van der Waals surface area contributed by atoms with Crippen molar-refractivity contribution >= 4 is 7.94 Å². The van der Waals surface area contributed by atoms with Crippen LogP contribution in [-0.2, 0) is 9.05 Å². The fourth-order valence-electron chi connectivity index (χ4n) is 0.931. The van der Waals surface area contributed by atoms with Crippen molar-refractivity contribution in [2.75, 3.05) is 19.9 Å². The van der Waals surface area contributed by atoms with E-state index in [2.05, 4.69) is 0 Å². The number of hydrogen-bond donors (Lipinski definition) is 1. The van der Waals surface area contributed by atoms with Crippen LogP contribution >= 0.6 is 7.94 Å². The molecule has 0 aliphatic rings. The van der Waals surface area contributed by atoms with Gasteiger partial charge in [0.2, 0.25) is 0 Å². The van der Waals surface area contributed by atoms with Crippen LogP contribution in [0.5, 0.6) is 0 Å². The third kappa shape index (κ3) is 8.74. The lowest BCUT2D eigenvalue weighted by Crippen LogP contribution is -1.99. The molecule has 0 amide bonds. The van der Waals surface area contributed by atoms with Gasteiger partial charge in [-0.1, -0.05) is 18.2 Å². The smallest absolute Gasteiger partial charge is 0.207 e. The summed E-state index contributed by atoms with van der Waals surface area (Å²) in [5.74, 6) is -0.178. The second-order valence-corrected chi connectivity index (χ2v) is 5.06. The van der Waals surface area contributed by atoms with Gasteiger partial charge in [-0.2, -0.15) is 13.9 Å². The Bertz CT molecular complexity index is 259. The Morgan fingerprint density at radius 1 is 1.12 bits per heavy atom. The molecule has 0 atom stereocenters. The van der Waals surface area contributed by atoms with Crippen LogP contribution in [0.4, 0.5) is 4.39 Å². The Labute approximate surface area is 96.8 Å². The Morgan fingerprint density at radius 2 is 1.56 bits per heavy atom. The van der Waals surface area contributed by atoms with E-state index in [0.29, 0.717) is 13.2 Å². The first-order valence-corrected chi connectivity index (χ1v) is 7.13. The fraction of sp³-hybridized carbons (Fsp3) is 0.455. The molecule has 1 aromatic rings. The van der Waals surface area contributed by atoms with E-state index in [4.69, 9.17) is 9.05 Å². The minimum atomic E-state index is -2.44. The van der Waals surface area contributed by atoms with E-state index in [1.807, 2.05) is 13.8 Å². The van der Waals surface area contributed by atoms with Crippen LogP contribution in [0.3, 0.4) is 0 Å². The average Bonchev–Trinajstić information content (AvgIpc) is 2.19. The maximum absolute atomic E-state index is 11.9. The lowest BCUT2D eigenvalue weighted by atomic mass is 10.4. The van der Waals surface area contributed by atoms with Crippen LogP contribution in [0, 0.1) is 5.82 Å². The predicted octanol–water partition coefficient (Wildman–Crippen LogP) is 3.27. The average molecular weight is 249 g/mol. The quantitative estimate of drug-likeness (QED) is 0.832. The Kier molecular flexibility index (Phi) is 8.30. The first-order valence-electron chi connectivity index (χ1n) is 5.10.